The van der Waals surface area contributed by atoms with Crippen molar-refractivity contribution in [2.75, 3.05) is 6.54 Å². The highest BCUT2D eigenvalue weighted by Gasteiger charge is 2.23. The molecule has 0 bridgehead atoms. The van der Waals surface area contributed by atoms with E-state index in [1.807, 2.05) is 0 Å². The van der Waals surface area contributed by atoms with E-state index in [1.54, 1.807) is 0 Å². The Morgan fingerprint density at radius 1 is 1.22 bits per heavy atom. The van der Waals surface area contributed by atoms with Crippen LogP contribution in [0.4, 0.5) is 0 Å². The van der Waals surface area contributed by atoms with Crippen LogP contribution >= 0.6 is 0 Å². The first-order chi connectivity index (χ1) is 8.34. The van der Waals surface area contributed by atoms with Gasteiger partial charge >= 0.3 is 0 Å². The summed E-state index contributed by atoms with van der Waals surface area (Å²) in [6.07, 6.45) is 3.16. The Labute approximate surface area is 111 Å². The molecule has 0 aliphatic heterocycles. The molecule has 1 aromatic heterocycles. The second-order valence-electron chi connectivity index (χ2n) is 6.47. The van der Waals surface area contributed by atoms with Gasteiger partial charge < -0.3 is 5.73 Å². The fourth-order valence-electron chi connectivity index (χ4n) is 2.20. The minimum Gasteiger partial charge on any atom is -0.330 e. The maximum atomic E-state index is 5.70. The molecule has 18 heavy (non-hydrogen) atoms. The van der Waals surface area contributed by atoms with Gasteiger partial charge in [-0.3, -0.25) is 5.10 Å². The standard InChI is InChI=1S/C14H28N4/c1-10(2)13-16-12(17-18-13)7-6-11(8-9-15)14(3,4)5/h10-11H,6-9,15H2,1-5H3,(H,16,17,18). The van der Waals surface area contributed by atoms with Crippen molar-refractivity contribution in [2.45, 2.75) is 59.8 Å². The minimum absolute atomic E-state index is 0.306. The zero-order chi connectivity index (χ0) is 13.8. The van der Waals surface area contributed by atoms with E-state index in [2.05, 4.69) is 49.8 Å². The second kappa shape index (κ2) is 6.32. The Bertz CT molecular complexity index is 349. The maximum Gasteiger partial charge on any atom is 0.153 e. The van der Waals surface area contributed by atoms with Crippen LogP contribution in [0.2, 0.25) is 0 Å². The number of nitrogens with one attached hydrogen (secondary N) is 1. The van der Waals surface area contributed by atoms with Crippen LogP contribution in [0.5, 0.6) is 0 Å². The summed E-state index contributed by atoms with van der Waals surface area (Å²) >= 11 is 0. The molecule has 0 fully saturated rings. The number of aromatic nitrogens is 3. The van der Waals surface area contributed by atoms with Gasteiger partial charge in [-0.2, -0.15) is 5.10 Å². The highest BCUT2D eigenvalue weighted by Crippen LogP contribution is 2.31. The number of nitrogens with two attached hydrogens (primary N) is 1. The molecule has 0 aromatic carbocycles. The van der Waals surface area contributed by atoms with Crippen LogP contribution in [0.1, 0.15) is 65.0 Å². The number of hydrogen-bond donors (Lipinski definition) is 2. The van der Waals surface area contributed by atoms with Crippen molar-refractivity contribution in [3.05, 3.63) is 11.6 Å². The maximum absolute atomic E-state index is 5.70. The topological polar surface area (TPSA) is 67.6 Å². The van der Waals surface area contributed by atoms with E-state index >= 15 is 0 Å². The molecule has 0 aliphatic carbocycles. The molecule has 0 spiro atoms. The van der Waals surface area contributed by atoms with Crippen molar-refractivity contribution in [1.82, 2.24) is 15.2 Å². The van der Waals surface area contributed by atoms with Gasteiger partial charge in [-0.1, -0.05) is 34.6 Å². The predicted octanol–water partition coefficient (Wildman–Crippen LogP) is 2.87. The summed E-state index contributed by atoms with van der Waals surface area (Å²) in [7, 11) is 0. The van der Waals surface area contributed by atoms with Crippen molar-refractivity contribution in [1.29, 1.82) is 0 Å². The summed E-state index contributed by atoms with van der Waals surface area (Å²) in [6, 6.07) is 0. The third-order valence-corrected chi connectivity index (χ3v) is 3.53. The summed E-state index contributed by atoms with van der Waals surface area (Å²) in [5.41, 5.74) is 6.01. The number of rotatable bonds is 6. The molecule has 4 heteroatoms. The molecule has 1 aromatic rings. The molecular formula is C14H28N4. The predicted molar refractivity (Wildman–Crippen MR) is 75.4 cm³/mol. The highest BCUT2D eigenvalue weighted by molar-refractivity contribution is 4.95. The molecule has 0 saturated heterocycles. The Morgan fingerprint density at radius 3 is 2.33 bits per heavy atom. The fourth-order valence-corrected chi connectivity index (χ4v) is 2.20. The molecule has 104 valence electrons. The van der Waals surface area contributed by atoms with E-state index in [9.17, 15) is 0 Å². The lowest BCUT2D eigenvalue weighted by atomic mass is 9.76. The van der Waals surface area contributed by atoms with Crippen molar-refractivity contribution >= 4 is 0 Å². The number of nitrogens with zero attached hydrogens (tertiary/aromatic N) is 2. The van der Waals surface area contributed by atoms with E-state index in [-0.39, 0.29) is 0 Å². The van der Waals surface area contributed by atoms with E-state index in [4.69, 9.17) is 5.73 Å². The lowest BCUT2D eigenvalue weighted by Crippen LogP contribution is -2.24. The van der Waals surface area contributed by atoms with E-state index in [0.717, 1.165) is 37.5 Å². The summed E-state index contributed by atoms with van der Waals surface area (Å²) in [6.45, 7) is 11.8. The summed E-state index contributed by atoms with van der Waals surface area (Å²) in [4.78, 5) is 4.53. The average molecular weight is 252 g/mol. The molecule has 1 heterocycles. The molecule has 4 nitrogen and oxygen atoms in total. The highest BCUT2D eigenvalue weighted by atomic mass is 15.2. The normalized spacial score (nSPS) is 14.2. The van der Waals surface area contributed by atoms with Crippen molar-refractivity contribution in [2.24, 2.45) is 17.1 Å². The largest absolute Gasteiger partial charge is 0.330 e. The van der Waals surface area contributed by atoms with Gasteiger partial charge in [0, 0.05) is 12.3 Å². The van der Waals surface area contributed by atoms with Gasteiger partial charge in [0.2, 0.25) is 0 Å². The van der Waals surface area contributed by atoms with Crippen LogP contribution in [0.15, 0.2) is 0 Å². The van der Waals surface area contributed by atoms with Crippen LogP contribution in [0, 0.1) is 11.3 Å². The van der Waals surface area contributed by atoms with Gasteiger partial charge in [0.1, 0.15) is 5.82 Å². The Hall–Kier alpha value is -0.900. The van der Waals surface area contributed by atoms with Gasteiger partial charge in [-0.25, -0.2) is 4.98 Å². The monoisotopic (exact) mass is 252 g/mol. The number of aryl methyl sites for hydroxylation is 1. The molecular weight excluding hydrogens is 224 g/mol. The van der Waals surface area contributed by atoms with Crippen LogP contribution in [-0.4, -0.2) is 21.7 Å². The number of aromatic amines is 1. The lowest BCUT2D eigenvalue weighted by Gasteiger charge is -2.30. The van der Waals surface area contributed by atoms with Gasteiger partial charge in [-0.15, -0.1) is 0 Å². The second-order valence-corrected chi connectivity index (χ2v) is 6.47. The quantitative estimate of drug-likeness (QED) is 0.818. The van der Waals surface area contributed by atoms with Crippen molar-refractivity contribution in [3.8, 4) is 0 Å². The molecule has 0 radical (unpaired) electrons. The zero-order valence-electron chi connectivity index (χ0n) is 12.5. The van der Waals surface area contributed by atoms with Crippen molar-refractivity contribution in [3.63, 3.8) is 0 Å². The van der Waals surface area contributed by atoms with Crippen LogP contribution in [0.25, 0.3) is 0 Å². The van der Waals surface area contributed by atoms with Gasteiger partial charge in [-0.05, 0) is 30.7 Å². The van der Waals surface area contributed by atoms with E-state index < -0.39 is 0 Å². The number of H-pyrrole nitrogens is 1. The molecule has 0 aliphatic rings. The van der Waals surface area contributed by atoms with Crippen LogP contribution < -0.4 is 5.73 Å². The number of hydrogen-bond acceptors (Lipinski definition) is 3. The molecule has 1 rings (SSSR count). The van der Waals surface area contributed by atoms with Gasteiger partial charge in [0.05, 0.1) is 0 Å². The third kappa shape index (κ3) is 4.41. The molecule has 3 N–H and O–H groups in total. The van der Waals surface area contributed by atoms with Crippen LogP contribution in [0.3, 0.4) is 0 Å². The minimum atomic E-state index is 0.306. The van der Waals surface area contributed by atoms with Gasteiger partial charge in [0.15, 0.2) is 5.82 Å². The Balaban J connectivity index is 2.56. The van der Waals surface area contributed by atoms with E-state index in [1.165, 1.54) is 0 Å². The molecule has 1 atom stereocenters. The molecule has 0 saturated carbocycles. The third-order valence-electron chi connectivity index (χ3n) is 3.53. The van der Waals surface area contributed by atoms with Crippen LogP contribution in [-0.2, 0) is 6.42 Å². The summed E-state index contributed by atoms with van der Waals surface area (Å²) < 4.78 is 0. The van der Waals surface area contributed by atoms with Gasteiger partial charge in [0.25, 0.3) is 0 Å². The first-order valence-electron chi connectivity index (χ1n) is 6.95. The lowest BCUT2D eigenvalue weighted by molar-refractivity contribution is 0.214. The first kappa shape index (κ1) is 15.2. The zero-order valence-corrected chi connectivity index (χ0v) is 12.5. The molecule has 1 unspecified atom stereocenters. The van der Waals surface area contributed by atoms with E-state index in [0.29, 0.717) is 17.3 Å². The Morgan fingerprint density at radius 2 is 1.89 bits per heavy atom. The first-order valence-corrected chi connectivity index (χ1v) is 6.95. The molecule has 0 amide bonds. The smallest absolute Gasteiger partial charge is 0.153 e. The summed E-state index contributed by atoms with van der Waals surface area (Å²) in [5.74, 6) is 2.94. The Kier molecular flexibility index (Phi) is 5.32. The average Bonchev–Trinajstić information content (AvgIpc) is 2.71. The summed E-state index contributed by atoms with van der Waals surface area (Å²) in [5, 5.41) is 7.28. The van der Waals surface area contributed by atoms with Crippen molar-refractivity contribution < 1.29 is 0 Å². The fraction of sp³-hybridized carbons (Fsp3) is 0.857. The SMILES string of the molecule is CC(C)c1n[nH]c(CCC(CCN)C(C)(C)C)n1.